The number of amides is 1. The summed E-state index contributed by atoms with van der Waals surface area (Å²) in [4.78, 5) is 24.4. The summed E-state index contributed by atoms with van der Waals surface area (Å²) >= 11 is 1.66. The van der Waals surface area contributed by atoms with Crippen LogP contribution in [0.25, 0.3) is 32.6 Å². The molecule has 0 bridgehead atoms. The fourth-order valence-electron chi connectivity index (χ4n) is 11.1. The van der Waals surface area contributed by atoms with Gasteiger partial charge in [-0.1, -0.05) is 61.5 Å². The Balaban J connectivity index is 0.749. The van der Waals surface area contributed by atoms with Crippen molar-refractivity contribution in [3.05, 3.63) is 107 Å². The fourth-order valence-corrected chi connectivity index (χ4v) is 11.9. The molecule has 2 saturated heterocycles. The van der Waals surface area contributed by atoms with E-state index in [0.717, 1.165) is 98.4 Å². The number of piperidine rings is 1. The standard InChI is InChI=1S/C50H57N7O3S/c1-31(2)40(29-57-21-7-9-43(57)48(59)52-32(3)34-11-13-35(14-12-34)47-33(4)51-30-61-47)50(17-18-50)45-26-46(55-60-45)56-22-19-49(20-23-56)27-38(28-49)36-15-16-41-37(24-36)25-42(54-53-41)39-8-5-6-10-44(39)58/h5-6,8,10-16,24-26,30-32,38,40,43,58H,7,9,17-23,27-29H2,1-4H3,(H,52,59)/t32-,40?,43-/m0/s1. The first-order valence-electron chi connectivity index (χ1n) is 22.4. The number of nitrogens with one attached hydrogen (secondary N) is 1. The van der Waals surface area contributed by atoms with E-state index in [1.165, 1.54) is 28.8 Å². The van der Waals surface area contributed by atoms with E-state index >= 15 is 0 Å². The molecule has 11 heteroatoms. The Kier molecular flexibility index (Phi) is 10.5. The number of anilines is 1. The van der Waals surface area contributed by atoms with Crippen LogP contribution in [-0.2, 0) is 10.2 Å². The minimum Gasteiger partial charge on any atom is -0.507 e. The van der Waals surface area contributed by atoms with Gasteiger partial charge in [-0.2, -0.15) is 0 Å². The Labute approximate surface area is 362 Å². The number of hydrogen-bond donors (Lipinski definition) is 2. The number of likely N-dealkylation sites (tertiary alicyclic amines) is 1. The van der Waals surface area contributed by atoms with E-state index < -0.39 is 0 Å². The Morgan fingerprint density at radius 2 is 1.74 bits per heavy atom. The number of thiazole rings is 1. The van der Waals surface area contributed by atoms with Crippen molar-refractivity contribution in [1.82, 2.24) is 30.6 Å². The zero-order valence-corrected chi connectivity index (χ0v) is 36.6. The molecule has 3 aromatic heterocycles. The minimum atomic E-state index is -0.117. The normalized spacial score (nSPS) is 20.9. The molecule has 1 amide bonds. The van der Waals surface area contributed by atoms with Crippen LogP contribution in [-0.4, -0.2) is 68.5 Å². The first kappa shape index (κ1) is 40.0. The van der Waals surface area contributed by atoms with Gasteiger partial charge in [0.25, 0.3) is 0 Å². The molecule has 4 aliphatic rings. The molecule has 3 atom stereocenters. The van der Waals surface area contributed by atoms with E-state index in [4.69, 9.17) is 9.68 Å². The van der Waals surface area contributed by atoms with Gasteiger partial charge in [0.15, 0.2) is 5.82 Å². The van der Waals surface area contributed by atoms with Crippen LogP contribution in [0.3, 0.4) is 0 Å². The number of fused-ring (bicyclic) bond motifs is 1. The molecule has 2 N–H and O–H groups in total. The van der Waals surface area contributed by atoms with Crippen molar-refractivity contribution >= 4 is 34.0 Å². The lowest BCUT2D eigenvalue weighted by atomic mass is 9.56. The van der Waals surface area contributed by atoms with Crippen LogP contribution in [0.1, 0.15) is 107 Å². The Morgan fingerprint density at radius 3 is 2.46 bits per heavy atom. The van der Waals surface area contributed by atoms with Crippen LogP contribution >= 0.6 is 11.3 Å². The van der Waals surface area contributed by atoms with E-state index in [-0.39, 0.29) is 29.2 Å². The third-order valence-corrected chi connectivity index (χ3v) is 15.9. The van der Waals surface area contributed by atoms with Gasteiger partial charge in [0.1, 0.15) is 11.5 Å². The highest BCUT2D eigenvalue weighted by molar-refractivity contribution is 7.13. The molecule has 1 spiro atoms. The van der Waals surface area contributed by atoms with Crippen LogP contribution < -0.4 is 10.2 Å². The lowest BCUT2D eigenvalue weighted by molar-refractivity contribution is -0.126. The topological polar surface area (TPSA) is 121 Å². The zero-order chi connectivity index (χ0) is 41.9. The summed E-state index contributed by atoms with van der Waals surface area (Å²) in [6.45, 7) is 12.6. The number of phenolic OH excluding ortho intramolecular Hbond substituents is 1. The molecule has 10 rings (SSSR count). The molecule has 0 radical (unpaired) electrons. The van der Waals surface area contributed by atoms with Crippen LogP contribution in [0.15, 0.2) is 88.9 Å². The average molecular weight is 836 g/mol. The number of hydrogen-bond acceptors (Lipinski definition) is 10. The van der Waals surface area contributed by atoms with E-state index in [0.29, 0.717) is 34.4 Å². The van der Waals surface area contributed by atoms with Crippen molar-refractivity contribution in [3.8, 4) is 27.4 Å². The van der Waals surface area contributed by atoms with Crippen molar-refractivity contribution in [2.45, 2.75) is 102 Å². The van der Waals surface area contributed by atoms with Crippen LogP contribution in [0.4, 0.5) is 5.82 Å². The molecule has 4 fully saturated rings. The maximum absolute atomic E-state index is 13.9. The number of phenols is 1. The second kappa shape index (κ2) is 16.0. The summed E-state index contributed by atoms with van der Waals surface area (Å²) in [5.74, 6) is 3.72. The lowest BCUT2D eigenvalue weighted by Crippen LogP contribution is -2.47. The van der Waals surface area contributed by atoms with Gasteiger partial charge in [0.2, 0.25) is 5.91 Å². The smallest absolute Gasteiger partial charge is 0.237 e. The number of aromatic hydroxyl groups is 1. The summed E-state index contributed by atoms with van der Waals surface area (Å²) in [5.41, 5.74) is 9.20. The number of benzene rings is 3. The van der Waals surface area contributed by atoms with E-state index in [2.05, 4.69) is 99.6 Å². The summed E-state index contributed by atoms with van der Waals surface area (Å²) in [6.07, 6.45) is 8.87. The molecule has 2 aliphatic carbocycles. The highest BCUT2D eigenvalue weighted by Crippen LogP contribution is 2.59. The van der Waals surface area contributed by atoms with Gasteiger partial charge in [-0.25, -0.2) is 4.98 Å². The van der Waals surface area contributed by atoms with Gasteiger partial charge in [-0.15, -0.1) is 21.5 Å². The third kappa shape index (κ3) is 7.62. The maximum Gasteiger partial charge on any atom is 0.237 e. The minimum absolute atomic E-state index is 0.0274. The van der Waals surface area contributed by atoms with Crippen molar-refractivity contribution in [1.29, 1.82) is 0 Å². The number of nitrogens with zero attached hydrogens (tertiary/aromatic N) is 6. The van der Waals surface area contributed by atoms with Gasteiger partial charge >= 0.3 is 0 Å². The number of carbonyl (C=O) groups is 1. The highest BCUT2D eigenvalue weighted by Gasteiger charge is 2.56. The van der Waals surface area contributed by atoms with E-state index in [1.54, 1.807) is 17.4 Å². The molecular formula is C50H57N7O3S. The SMILES string of the molecule is Cc1ncsc1-c1ccc([C@H](C)NC(=O)[C@@H]2CCCN2CC(C(C)C)C2(c3cc(N4CCC5(CC4)CC(c4ccc6nnc(-c7ccccc7O)cc6c4)C5)no3)CC2)cc1. The van der Waals surface area contributed by atoms with Crippen LogP contribution in [0.2, 0.25) is 0 Å². The molecule has 2 aliphatic heterocycles. The Hall–Kier alpha value is -5.13. The second-order valence-corrected chi connectivity index (χ2v) is 19.8. The maximum atomic E-state index is 13.9. The first-order chi connectivity index (χ1) is 29.6. The molecule has 316 valence electrons. The Morgan fingerprint density at radius 1 is 0.951 bits per heavy atom. The summed E-state index contributed by atoms with van der Waals surface area (Å²) in [5, 5.41) is 28.4. The monoisotopic (exact) mass is 835 g/mol. The Bertz CT molecular complexity index is 2530. The summed E-state index contributed by atoms with van der Waals surface area (Å²) < 4.78 is 6.28. The van der Waals surface area contributed by atoms with Gasteiger partial charge in [-0.05, 0) is 142 Å². The molecule has 10 nitrogen and oxygen atoms in total. The van der Waals surface area contributed by atoms with Crippen molar-refractivity contribution in [3.63, 3.8) is 0 Å². The number of carbonyl (C=O) groups excluding carboxylic acids is 1. The second-order valence-electron chi connectivity index (χ2n) is 19.0. The average Bonchev–Trinajstić information content (AvgIpc) is 3.56. The predicted octanol–water partition coefficient (Wildman–Crippen LogP) is 10.2. The molecular weight excluding hydrogens is 779 g/mol. The summed E-state index contributed by atoms with van der Waals surface area (Å²) in [7, 11) is 0. The van der Waals surface area contributed by atoms with E-state index in [9.17, 15) is 9.90 Å². The predicted molar refractivity (Wildman–Crippen MR) is 242 cm³/mol. The molecule has 6 aromatic rings. The van der Waals surface area contributed by atoms with Crippen molar-refractivity contribution < 1.29 is 14.4 Å². The molecule has 1 unspecified atom stereocenters. The van der Waals surface area contributed by atoms with Gasteiger partial charge in [0, 0.05) is 42.1 Å². The van der Waals surface area contributed by atoms with E-state index in [1.807, 2.05) is 36.7 Å². The zero-order valence-electron chi connectivity index (χ0n) is 35.8. The number of rotatable bonds is 12. The van der Waals surface area contributed by atoms with Crippen LogP contribution in [0, 0.1) is 24.2 Å². The van der Waals surface area contributed by atoms with Crippen molar-refractivity contribution in [2.24, 2.45) is 17.3 Å². The number of aryl methyl sites for hydroxylation is 1. The molecule has 5 heterocycles. The van der Waals surface area contributed by atoms with Gasteiger partial charge < -0.3 is 19.8 Å². The lowest BCUT2D eigenvalue weighted by Gasteiger charge is -2.52. The van der Waals surface area contributed by atoms with Gasteiger partial charge in [-0.3, -0.25) is 9.69 Å². The quantitative estimate of drug-likeness (QED) is 0.124. The molecule has 3 aromatic carbocycles. The number of aromatic nitrogens is 4. The van der Waals surface area contributed by atoms with Gasteiger partial charge in [0.05, 0.1) is 39.4 Å². The summed E-state index contributed by atoms with van der Waals surface area (Å²) in [6, 6.07) is 26.6. The molecule has 61 heavy (non-hydrogen) atoms. The fraction of sp³-hybridized carbons (Fsp3) is 0.460. The third-order valence-electron chi connectivity index (χ3n) is 14.9. The van der Waals surface area contributed by atoms with Crippen molar-refractivity contribution in [2.75, 3.05) is 31.1 Å². The number of para-hydroxylation sites is 1. The van der Waals surface area contributed by atoms with Crippen LogP contribution in [0.5, 0.6) is 5.75 Å². The first-order valence-corrected chi connectivity index (χ1v) is 23.3. The highest BCUT2D eigenvalue weighted by atomic mass is 32.1. The largest absolute Gasteiger partial charge is 0.507 e. The molecule has 2 saturated carbocycles.